The molecule has 3 aromatic rings. The van der Waals surface area contributed by atoms with Crippen LogP contribution in [0.3, 0.4) is 0 Å². The summed E-state index contributed by atoms with van der Waals surface area (Å²) in [6.45, 7) is 2.62. The van der Waals surface area contributed by atoms with Gasteiger partial charge in [0.1, 0.15) is 22.6 Å². The molecule has 0 spiro atoms. The van der Waals surface area contributed by atoms with E-state index in [0.29, 0.717) is 24.6 Å². The normalized spacial score (nSPS) is 16.8. The van der Waals surface area contributed by atoms with Crippen molar-refractivity contribution in [1.29, 1.82) is 0 Å². The van der Waals surface area contributed by atoms with Gasteiger partial charge in [0, 0.05) is 35.4 Å². The predicted molar refractivity (Wildman–Crippen MR) is 125 cm³/mol. The number of anilines is 1. The molecular weight excluding hydrogens is 442 g/mol. The fourth-order valence-electron chi connectivity index (χ4n) is 3.93. The van der Waals surface area contributed by atoms with Gasteiger partial charge in [0.2, 0.25) is 5.91 Å². The molecule has 1 aromatic heterocycles. The maximum atomic E-state index is 12.4. The maximum Gasteiger partial charge on any atom is 0.414 e. The Morgan fingerprint density at radius 2 is 2.09 bits per heavy atom. The van der Waals surface area contributed by atoms with Gasteiger partial charge in [0.05, 0.1) is 38.2 Å². The molecule has 9 heteroatoms. The summed E-state index contributed by atoms with van der Waals surface area (Å²) >= 11 is 1.67. The topological polar surface area (TPSA) is 90.0 Å². The quantitative estimate of drug-likeness (QED) is 0.615. The van der Waals surface area contributed by atoms with Crippen LogP contribution in [0.4, 0.5) is 10.5 Å². The maximum absolute atomic E-state index is 12.4. The molecule has 1 N–H and O–H groups in total. The van der Waals surface area contributed by atoms with E-state index in [4.69, 9.17) is 19.2 Å². The molecule has 1 saturated heterocycles. The Labute approximate surface area is 195 Å². The number of amides is 2. The Morgan fingerprint density at radius 3 is 2.85 bits per heavy atom. The molecule has 2 aliphatic heterocycles. The van der Waals surface area contributed by atoms with E-state index in [9.17, 15) is 9.59 Å². The van der Waals surface area contributed by atoms with Gasteiger partial charge in [-0.1, -0.05) is 0 Å². The van der Waals surface area contributed by atoms with E-state index in [1.807, 2.05) is 42.5 Å². The van der Waals surface area contributed by atoms with E-state index >= 15 is 0 Å². The van der Waals surface area contributed by atoms with E-state index < -0.39 is 12.2 Å². The smallest absolute Gasteiger partial charge is 0.414 e. The van der Waals surface area contributed by atoms with Crippen molar-refractivity contribution in [1.82, 2.24) is 10.3 Å². The van der Waals surface area contributed by atoms with Crippen LogP contribution >= 0.6 is 11.3 Å². The van der Waals surface area contributed by atoms with Crippen molar-refractivity contribution in [2.75, 3.05) is 31.7 Å². The van der Waals surface area contributed by atoms with Crippen molar-refractivity contribution in [3.8, 4) is 33.3 Å². The summed E-state index contributed by atoms with van der Waals surface area (Å²) in [5.41, 5.74) is 3.55. The van der Waals surface area contributed by atoms with Crippen molar-refractivity contribution in [2.45, 2.75) is 19.4 Å². The Kier molecular flexibility index (Phi) is 5.63. The molecule has 2 aromatic carbocycles. The van der Waals surface area contributed by atoms with Gasteiger partial charge in [-0.05, 0) is 36.4 Å². The minimum atomic E-state index is -0.435. The van der Waals surface area contributed by atoms with Gasteiger partial charge >= 0.3 is 6.09 Å². The molecule has 1 fully saturated rings. The fourth-order valence-corrected chi connectivity index (χ4v) is 4.99. The number of fused-ring (bicyclic) bond motifs is 3. The molecule has 0 aliphatic carbocycles. The zero-order valence-corrected chi connectivity index (χ0v) is 19.1. The van der Waals surface area contributed by atoms with Crippen LogP contribution in [0.2, 0.25) is 0 Å². The molecule has 33 heavy (non-hydrogen) atoms. The van der Waals surface area contributed by atoms with E-state index in [2.05, 4.69) is 5.32 Å². The van der Waals surface area contributed by atoms with E-state index in [1.165, 1.54) is 11.8 Å². The van der Waals surface area contributed by atoms with Gasteiger partial charge < -0.3 is 19.5 Å². The van der Waals surface area contributed by atoms with Crippen LogP contribution in [0.1, 0.15) is 11.8 Å². The summed E-state index contributed by atoms with van der Waals surface area (Å²) < 4.78 is 16.7. The van der Waals surface area contributed by atoms with Crippen LogP contribution in [0.15, 0.2) is 42.5 Å². The zero-order chi connectivity index (χ0) is 22.9. The van der Waals surface area contributed by atoms with Crippen molar-refractivity contribution in [3.05, 3.63) is 47.3 Å². The van der Waals surface area contributed by atoms with Gasteiger partial charge in [0.15, 0.2) is 0 Å². The monoisotopic (exact) mass is 465 g/mol. The first-order valence-electron chi connectivity index (χ1n) is 10.7. The molecule has 3 heterocycles. The third kappa shape index (κ3) is 4.23. The lowest BCUT2D eigenvalue weighted by molar-refractivity contribution is -0.119. The first-order valence-corrected chi connectivity index (χ1v) is 11.5. The minimum absolute atomic E-state index is 0.156. The average Bonchev–Trinajstić information content (AvgIpc) is 3.37. The summed E-state index contributed by atoms with van der Waals surface area (Å²) in [7, 11) is 1.65. The molecule has 8 nitrogen and oxygen atoms in total. The Hall–Kier alpha value is -3.59. The summed E-state index contributed by atoms with van der Waals surface area (Å²) in [6.07, 6.45) is -0.0639. The first kappa shape index (κ1) is 21.3. The second-order valence-electron chi connectivity index (χ2n) is 7.85. The number of cyclic esters (lactones) is 1. The second-order valence-corrected chi connectivity index (χ2v) is 8.94. The highest BCUT2D eigenvalue weighted by molar-refractivity contribution is 7.15. The summed E-state index contributed by atoms with van der Waals surface area (Å²) in [6, 6.07) is 13.6. The fraction of sp³-hybridized carbons (Fsp3) is 0.292. The highest BCUT2D eigenvalue weighted by Crippen LogP contribution is 2.42. The Morgan fingerprint density at radius 1 is 1.27 bits per heavy atom. The highest BCUT2D eigenvalue weighted by Gasteiger charge is 2.33. The number of benzene rings is 2. The number of carbonyl (C=O) groups is 2. The number of carbonyl (C=O) groups excluding carboxylic acids is 2. The zero-order valence-electron chi connectivity index (χ0n) is 18.3. The lowest BCUT2D eigenvalue weighted by atomic mass is 10.1. The molecule has 1 atom stereocenters. The molecule has 5 rings (SSSR count). The first-order chi connectivity index (χ1) is 16.0. The number of methoxy groups -OCH3 is 1. The lowest BCUT2D eigenvalue weighted by Crippen LogP contribution is -2.33. The summed E-state index contributed by atoms with van der Waals surface area (Å²) in [4.78, 5) is 31.2. The predicted octanol–water partition coefficient (Wildman–Crippen LogP) is 3.88. The third-order valence-electron chi connectivity index (χ3n) is 5.61. The summed E-state index contributed by atoms with van der Waals surface area (Å²) in [5.74, 6) is 1.34. The van der Waals surface area contributed by atoms with Crippen LogP contribution in [0, 0.1) is 0 Å². The molecule has 170 valence electrons. The number of thiazole rings is 1. The largest absolute Gasteiger partial charge is 0.497 e. The van der Waals surface area contributed by atoms with Crippen LogP contribution in [0.25, 0.3) is 21.8 Å². The Bertz CT molecular complexity index is 1210. The highest BCUT2D eigenvalue weighted by atomic mass is 32.1. The van der Waals surface area contributed by atoms with Gasteiger partial charge in [0.25, 0.3) is 0 Å². The van der Waals surface area contributed by atoms with Crippen molar-refractivity contribution in [2.24, 2.45) is 0 Å². The van der Waals surface area contributed by atoms with Crippen molar-refractivity contribution < 1.29 is 23.8 Å². The minimum Gasteiger partial charge on any atom is -0.497 e. The van der Waals surface area contributed by atoms with Crippen molar-refractivity contribution >= 4 is 29.0 Å². The lowest BCUT2D eigenvalue weighted by Gasteiger charge is -2.16. The van der Waals surface area contributed by atoms with Gasteiger partial charge in [-0.15, -0.1) is 11.3 Å². The number of aromatic nitrogens is 1. The van der Waals surface area contributed by atoms with Gasteiger partial charge in [-0.3, -0.25) is 9.69 Å². The number of ether oxygens (including phenoxy) is 3. The van der Waals surface area contributed by atoms with Crippen LogP contribution in [0.5, 0.6) is 11.5 Å². The standard InChI is InChI=1S/C24H23N3O5S/c1-14(28)25-12-18-13-27(24(29)32-18)16-5-8-19-20(11-16)31-10-9-21-22(19)26-23(33-21)15-3-6-17(30-2)7-4-15/h3-8,11,18H,9-10,12-13H2,1-2H3,(H,25,28). The van der Waals surface area contributed by atoms with E-state index in [-0.39, 0.29) is 12.5 Å². The molecule has 2 amide bonds. The van der Waals surface area contributed by atoms with E-state index in [0.717, 1.165) is 34.0 Å². The van der Waals surface area contributed by atoms with Gasteiger partial charge in [-0.2, -0.15) is 0 Å². The number of hydrogen-bond acceptors (Lipinski definition) is 7. The van der Waals surface area contributed by atoms with Gasteiger partial charge in [-0.25, -0.2) is 9.78 Å². The molecule has 0 saturated carbocycles. The van der Waals surface area contributed by atoms with E-state index in [1.54, 1.807) is 23.3 Å². The SMILES string of the molecule is COc1ccc(-c2nc3c(s2)CCOc2cc(N4CC(CNC(C)=O)OC4=O)ccc2-3)cc1. The number of rotatable bonds is 5. The molecule has 0 bridgehead atoms. The summed E-state index contributed by atoms with van der Waals surface area (Å²) in [5, 5.41) is 3.64. The molecular formula is C24H23N3O5S. The molecule has 0 radical (unpaired) electrons. The third-order valence-corrected chi connectivity index (χ3v) is 6.77. The van der Waals surface area contributed by atoms with Crippen LogP contribution < -0.4 is 19.7 Å². The Balaban J connectivity index is 1.41. The number of nitrogens with one attached hydrogen (secondary N) is 1. The number of hydrogen-bond donors (Lipinski definition) is 1. The second kappa shape index (κ2) is 8.74. The van der Waals surface area contributed by atoms with Crippen molar-refractivity contribution in [3.63, 3.8) is 0 Å². The van der Waals surface area contributed by atoms with Crippen LogP contribution in [-0.4, -0.2) is 49.9 Å². The average molecular weight is 466 g/mol. The molecule has 1 unspecified atom stereocenters. The number of nitrogens with zero attached hydrogens (tertiary/aromatic N) is 2. The van der Waals surface area contributed by atoms with Crippen LogP contribution in [-0.2, 0) is 16.0 Å². The molecule has 2 aliphatic rings.